The number of hydrogen-bond donors (Lipinski definition) is 1. The number of hydrogen-bond acceptors (Lipinski definition) is 2. The first-order valence-electron chi connectivity index (χ1n) is 5.97. The summed E-state index contributed by atoms with van der Waals surface area (Å²) in [6, 6.07) is 5.72. The summed E-state index contributed by atoms with van der Waals surface area (Å²) in [6.45, 7) is 1.75. The molecule has 0 radical (unpaired) electrons. The standard InChI is InChI=1S/C13H19BrF2N2/c1-3-11(17)7-9-6-10(14)4-5-12(9)18(2)8-13(15)16/h4-6,11,13H,3,7-8,17H2,1-2H3. The molecule has 102 valence electrons. The van der Waals surface area contributed by atoms with E-state index in [-0.39, 0.29) is 12.6 Å². The summed E-state index contributed by atoms with van der Waals surface area (Å²) in [5.41, 5.74) is 7.77. The maximum atomic E-state index is 12.4. The zero-order valence-electron chi connectivity index (χ0n) is 10.7. The molecule has 5 heteroatoms. The van der Waals surface area contributed by atoms with Crippen molar-refractivity contribution in [3.8, 4) is 0 Å². The Kier molecular flexibility index (Phi) is 6.02. The molecule has 1 rings (SSSR count). The maximum Gasteiger partial charge on any atom is 0.255 e. The van der Waals surface area contributed by atoms with Crippen LogP contribution < -0.4 is 10.6 Å². The molecule has 1 aromatic carbocycles. The summed E-state index contributed by atoms with van der Waals surface area (Å²) in [4.78, 5) is 1.58. The number of nitrogens with two attached hydrogens (primary N) is 1. The summed E-state index contributed by atoms with van der Waals surface area (Å²) >= 11 is 3.40. The Labute approximate surface area is 115 Å². The Hall–Kier alpha value is -0.680. The van der Waals surface area contributed by atoms with E-state index in [2.05, 4.69) is 15.9 Å². The second kappa shape index (κ2) is 7.04. The van der Waals surface area contributed by atoms with Gasteiger partial charge in [-0.1, -0.05) is 22.9 Å². The van der Waals surface area contributed by atoms with Crippen molar-refractivity contribution in [2.45, 2.75) is 32.2 Å². The lowest BCUT2D eigenvalue weighted by atomic mass is 10.0. The third-order valence-electron chi connectivity index (χ3n) is 2.87. The van der Waals surface area contributed by atoms with Gasteiger partial charge in [0.25, 0.3) is 6.43 Å². The van der Waals surface area contributed by atoms with Crippen molar-refractivity contribution in [2.75, 3.05) is 18.5 Å². The van der Waals surface area contributed by atoms with Gasteiger partial charge in [0.15, 0.2) is 0 Å². The SMILES string of the molecule is CCC(N)Cc1cc(Br)ccc1N(C)CC(F)F. The molecule has 18 heavy (non-hydrogen) atoms. The molecule has 1 aromatic rings. The van der Waals surface area contributed by atoms with Gasteiger partial charge >= 0.3 is 0 Å². The van der Waals surface area contributed by atoms with Crippen LogP contribution in [0.25, 0.3) is 0 Å². The fraction of sp³-hybridized carbons (Fsp3) is 0.538. The van der Waals surface area contributed by atoms with Crippen molar-refractivity contribution in [3.63, 3.8) is 0 Å². The molecular weight excluding hydrogens is 302 g/mol. The molecule has 0 aliphatic heterocycles. The van der Waals surface area contributed by atoms with Gasteiger partial charge in [0.05, 0.1) is 6.54 Å². The van der Waals surface area contributed by atoms with Gasteiger partial charge < -0.3 is 10.6 Å². The molecular formula is C13H19BrF2N2. The minimum Gasteiger partial charge on any atom is -0.369 e. The summed E-state index contributed by atoms with van der Waals surface area (Å²) < 4.78 is 25.8. The quantitative estimate of drug-likeness (QED) is 0.870. The second-order valence-electron chi connectivity index (χ2n) is 4.42. The second-order valence-corrected chi connectivity index (χ2v) is 5.33. The summed E-state index contributed by atoms with van der Waals surface area (Å²) in [6.07, 6.45) is -0.782. The largest absolute Gasteiger partial charge is 0.369 e. The number of rotatable bonds is 6. The van der Waals surface area contributed by atoms with E-state index in [0.717, 1.165) is 22.1 Å². The van der Waals surface area contributed by atoms with E-state index in [9.17, 15) is 8.78 Å². The number of nitrogens with zero attached hydrogens (tertiary/aromatic N) is 1. The van der Waals surface area contributed by atoms with Crippen LogP contribution in [0.2, 0.25) is 0 Å². The molecule has 1 atom stereocenters. The zero-order chi connectivity index (χ0) is 13.7. The lowest BCUT2D eigenvalue weighted by Crippen LogP contribution is -2.27. The van der Waals surface area contributed by atoms with Gasteiger partial charge in [-0.2, -0.15) is 0 Å². The smallest absolute Gasteiger partial charge is 0.255 e. The number of alkyl halides is 2. The van der Waals surface area contributed by atoms with Gasteiger partial charge in [-0.3, -0.25) is 0 Å². The van der Waals surface area contributed by atoms with Gasteiger partial charge in [-0.15, -0.1) is 0 Å². The maximum absolute atomic E-state index is 12.4. The van der Waals surface area contributed by atoms with Crippen LogP contribution in [0.1, 0.15) is 18.9 Å². The minimum absolute atomic E-state index is 0.0537. The Morgan fingerprint density at radius 1 is 1.39 bits per heavy atom. The summed E-state index contributed by atoms with van der Waals surface area (Å²) in [5.74, 6) is 0. The van der Waals surface area contributed by atoms with E-state index in [4.69, 9.17) is 5.73 Å². The van der Waals surface area contributed by atoms with Gasteiger partial charge in [-0.25, -0.2) is 8.78 Å². The molecule has 0 saturated carbocycles. The van der Waals surface area contributed by atoms with E-state index >= 15 is 0 Å². The van der Waals surface area contributed by atoms with Crippen molar-refractivity contribution in [1.29, 1.82) is 0 Å². The fourth-order valence-corrected chi connectivity index (χ4v) is 2.23. The van der Waals surface area contributed by atoms with E-state index in [1.807, 2.05) is 25.1 Å². The lowest BCUT2D eigenvalue weighted by molar-refractivity contribution is 0.156. The summed E-state index contributed by atoms with van der Waals surface area (Å²) in [7, 11) is 1.68. The fourth-order valence-electron chi connectivity index (χ4n) is 1.82. The van der Waals surface area contributed by atoms with Crippen molar-refractivity contribution in [3.05, 3.63) is 28.2 Å². The van der Waals surface area contributed by atoms with Crippen LogP contribution in [0.15, 0.2) is 22.7 Å². The van der Waals surface area contributed by atoms with Crippen LogP contribution in [0, 0.1) is 0 Å². The molecule has 0 saturated heterocycles. The van der Waals surface area contributed by atoms with Gasteiger partial charge in [-0.05, 0) is 36.6 Å². The monoisotopic (exact) mass is 320 g/mol. The molecule has 0 heterocycles. The van der Waals surface area contributed by atoms with Crippen molar-refractivity contribution < 1.29 is 8.78 Å². The molecule has 0 aromatic heterocycles. The van der Waals surface area contributed by atoms with E-state index in [0.29, 0.717) is 6.42 Å². The minimum atomic E-state index is -2.34. The van der Waals surface area contributed by atoms with Crippen LogP contribution >= 0.6 is 15.9 Å². The Morgan fingerprint density at radius 3 is 2.61 bits per heavy atom. The van der Waals surface area contributed by atoms with Crippen LogP contribution in [-0.4, -0.2) is 26.1 Å². The Bertz CT molecular complexity index is 385. The molecule has 2 nitrogen and oxygen atoms in total. The molecule has 2 N–H and O–H groups in total. The third kappa shape index (κ3) is 4.53. The molecule has 0 amide bonds. The molecule has 0 fully saturated rings. The highest BCUT2D eigenvalue weighted by Crippen LogP contribution is 2.25. The van der Waals surface area contributed by atoms with Crippen molar-refractivity contribution >= 4 is 21.6 Å². The number of benzene rings is 1. The first kappa shape index (κ1) is 15.4. The third-order valence-corrected chi connectivity index (χ3v) is 3.36. The van der Waals surface area contributed by atoms with Crippen molar-refractivity contribution in [2.24, 2.45) is 5.73 Å². The molecule has 0 aliphatic carbocycles. The lowest BCUT2D eigenvalue weighted by Gasteiger charge is -2.23. The topological polar surface area (TPSA) is 29.3 Å². The normalized spacial score (nSPS) is 12.8. The highest BCUT2D eigenvalue weighted by atomic mass is 79.9. The van der Waals surface area contributed by atoms with Crippen LogP contribution in [0.4, 0.5) is 14.5 Å². The Balaban J connectivity index is 2.95. The van der Waals surface area contributed by atoms with E-state index in [1.165, 1.54) is 0 Å². The summed E-state index contributed by atoms with van der Waals surface area (Å²) in [5, 5.41) is 0. The first-order valence-corrected chi connectivity index (χ1v) is 6.76. The molecule has 0 spiro atoms. The highest BCUT2D eigenvalue weighted by Gasteiger charge is 2.14. The predicted octanol–water partition coefficient (Wildman–Crippen LogP) is 3.43. The number of halogens is 3. The van der Waals surface area contributed by atoms with Gasteiger partial charge in [0.1, 0.15) is 0 Å². The van der Waals surface area contributed by atoms with Crippen molar-refractivity contribution in [1.82, 2.24) is 0 Å². The average Bonchev–Trinajstić information content (AvgIpc) is 2.27. The van der Waals surface area contributed by atoms with Crippen LogP contribution in [0.5, 0.6) is 0 Å². The number of anilines is 1. The Morgan fingerprint density at radius 2 is 2.06 bits per heavy atom. The molecule has 1 unspecified atom stereocenters. The van der Waals surface area contributed by atoms with E-state index < -0.39 is 6.43 Å². The first-order chi connectivity index (χ1) is 8.43. The average molecular weight is 321 g/mol. The predicted molar refractivity (Wildman–Crippen MR) is 75.4 cm³/mol. The van der Waals surface area contributed by atoms with Gasteiger partial charge in [0, 0.05) is 23.2 Å². The van der Waals surface area contributed by atoms with Crippen LogP contribution in [0.3, 0.4) is 0 Å². The highest BCUT2D eigenvalue weighted by molar-refractivity contribution is 9.10. The van der Waals surface area contributed by atoms with Crippen LogP contribution in [-0.2, 0) is 6.42 Å². The van der Waals surface area contributed by atoms with Gasteiger partial charge in [0.2, 0.25) is 0 Å². The zero-order valence-corrected chi connectivity index (χ0v) is 12.3. The molecule has 0 aliphatic rings. The molecule has 0 bridgehead atoms. The van der Waals surface area contributed by atoms with E-state index in [1.54, 1.807) is 11.9 Å².